The van der Waals surface area contributed by atoms with Crippen LogP contribution in [0.2, 0.25) is 0 Å². The summed E-state index contributed by atoms with van der Waals surface area (Å²) in [5.41, 5.74) is 2.69. The summed E-state index contributed by atoms with van der Waals surface area (Å²) in [7, 11) is 0. The molecule has 0 radical (unpaired) electrons. The van der Waals surface area contributed by atoms with E-state index >= 15 is 0 Å². The highest BCUT2D eigenvalue weighted by Crippen LogP contribution is 2.34. The van der Waals surface area contributed by atoms with Crippen molar-refractivity contribution in [3.63, 3.8) is 0 Å². The molecule has 4 rings (SSSR count). The lowest BCUT2D eigenvalue weighted by Gasteiger charge is -2.10. The third-order valence-electron chi connectivity index (χ3n) is 4.18. The van der Waals surface area contributed by atoms with Gasteiger partial charge >= 0.3 is 0 Å². The summed E-state index contributed by atoms with van der Waals surface area (Å²) >= 11 is 0. The van der Waals surface area contributed by atoms with Crippen LogP contribution in [0.5, 0.6) is 0 Å². The number of carbonyl (C=O) groups excluding carboxylic acids is 1. The van der Waals surface area contributed by atoms with Gasteiger partial charge in [-0.1, -0.05) is 30.3 Å². The van der Waals surface area contributed by atoms with E-state index in [4.69, 9.17) is 0 Å². The first-order valence-electron chi connectivity index (χ1n) is 7.16. The van der Waals surface area contributed by atoms with Crippen LogP contribution in [-0.2, 0) is 6.42 Å². The van der Waals surface area contributed by atoms with Crippen LogP contribution in [-0.4, -0.2) is 15.8 Å². The molecule has 3 heteroatoms. The summed E-state index contributed by atoms with van der Waals surface area (Å²) in [5.74, 6) is -0.0660. The molecule has 0 N–H and O–H groups in total. The van der Waals surface area contributed by atoms with Crippen LogP contribution in [0, 0.1) is 0 Å². The Morgan fingerprint density at radius 1 is 1.00 bits per heavy atom. The van der Waals surface area contributed by atoms with Crippen molar-refractivity contribution in [2.45, 2.75) is 18.8 Å². The molecule has 1 aliphatic carbocycles. The van der Waals surface area contributed by atoms with Crippen LogP contribution in [0.4, 0.5) is 0 Å². The molecule has 102 valence electrons. The Labute approximate surface area is 122 Å². The number of benzene rings is 1. The lowest BCUT2D eigenvalue weighted by atomic mass is 9.95. The van der Waals surface area contributed by atoms with Crippen LogP contribution in [0.1, 0.15) is 34.1 Å². The number of pyridine rings is 2. The second-order valence-electron chi connectivity index (χ2n) is 5.38. The monoisotopic (exact) mass is 274 g/mol. The Hall–Kier alpha value is -2.55. The molecule has 21 heavy (non-hydrogen) atoms. The topological polar surface area (TPSA) is 42.9 Å². The molecule has 1 atom stereocenters. The molecule has 0 saturated carbocycles. The minimum atomic E-state index is -0.153. The van der Waals surface area contributed by atoms with Crippen molar-refractivity contribution < 1.29 is 4.79 Å². The third-order valence-corrected chi connectivity index (χ3v) is 4.18. The van der Waals surface area contributed by atoms with Crippen LogP contribution in [0.25, 0.3) is 10.8 Å². The molecule has 2 aromatic heterocycles. The molecular formula is C18H14N2O. The van der Waals surface area contributed by atoms with E-state index in [2.05, 4.69) is 16.0 Å². The Balaban J connectivity index is 1.82. The molecule has 1 aromatic carbocycles. The quantitative estimate of drug-likeness (QED) is 0.671. The van der Waals surface area contributed by atoms with Crippen molar-refractivity contribution in [2.24, 2.45) is 0 Å². The van der Waals surface area contributed by atoms with Gasteiger partial charge in [-0.25, -0.2) is 0 Å². The zero-order valence-electron chi connectivity index (χ0n) is 11.5. The normalized spacial score (nSPS) is 16.9. The number of ketones is 1. The Bertz CT molecular complexity index is 836. The summed E-state index contributed by atoms with van der Waals surface area (Å²) in [6.07, 6.45) is 5.23. The zero-order chi connectivity index (χ0) is 14.2. The van der Waals surface area contributed by atoms with Crippen LogP contribution in [0.3, 0.4) is 0 Å². The van der Waals surface area contributed by atoms with Crippen LogP contribution >= 0.6 is 0 Å². The number of hydrogen-bond acceptors (Lipinski definition) is 3. The largest absolute Gasteiger partial charge is 0.292 e. The van der Waals surface area contributed by atoms with Gasteiger partial charge in [-0.3, -0.25) is 14.8 Å². The third kappa shape index (κ3) is 1.93. The first-order valence-corrected chi connectivity index (χ1v) is 7.16. The fourth-order valence-corrected chi connectivity index (χ4v) is 3.15. The Morgan fingerprint density at radius 3 is 2.86 bits per heavy atom. The number of Topliss-reactive ketones (excluding diaryl/α,β-unsaturated/α-hetero) is 1. The van der Waals surface area contributed by atoms with Crippen molar-refractivity contribution >= 4 is 16.6 Å². The van der Waals surface area contributed by atoms with E-state index in [0.717, 1.165) is 29.3 Å². The molecule has 0 amide bonds. The van der Waals surface area contributed by atoms with Crippen LogP contribution < -0.4 is 0 Å². The zero-order valence-corrected chi connectivity index (χ0v) is 11.5. The van der Waals surface area contributed by atoms with Crippen molar-refractivity contribution in [3.05, 3.63) is 71.8 Å². The highest BCUT2D eigenvalue weighted by atomic mass is 16.1. The number of aryl methyl sites for hydroxylation is 1. The van der Waals surface area contributed by atoms with E-state index in [1.165, 1.54) is 5.56 Å². The fraction of sp³-hybridized carbons (Fsp3) is 0.167. The number of aromatic nitrogens is 2. The maximum atomic E-state index is 12.9. The second kappa shape index (κ2) is 4.77. The minimum absolute atomic E-state index is 0.0873. The van der Waals surface area contributed by atoms with Gasteiger partial charge in [0.2, 0.25) is 0 Å². The first kappa shape index (κ1) is 12.2. The summed E-state index contributed by atoms with van der Waals surface area (Å²) in [5, 5.41) is 1.98. The molecule has 1 unspecified atom stereocenters. The average molecular weight is 274 g/mol. The molecule has 3 aromatic rings. The van der Waals surface area contributed by atoms with Crippen molar-refractivity contribution in [1.29, 1.82) is 0 Å². The predicted octanol–water partition coefficient (Wildman–Crippen LogP) is 3.54. The summed E-state index contributed by atoms with van der Waals surface area (Å²) in [4.78, 5) is 21.7. The van der Waals surface area contributed by atoms with Gasteiger partial charge < -0.3 is 0 Å². The number of fused-ring (bicyclic) bond motifs is 2. The van der Waals surface area contributed by atoms with Gasteiger partial charge in [0, 0.05) is 17.8 Å². The smallest absolute Gasteiger partial charge is 0.190 e. The van der Waals surface area contributed by atoms with E-state index in [9.17, 15) is 4.79 Å². The van der Waals surface area contributed by atoms with Gasteiger partial charge in [-0.05, 0) is 35.9 Å². The minimum Gasteiger partial charge on any atom is -0.292 e. The molecule has 0 bridgehead atoms. The first-order chi connectivity index (χ1) is 10.3. The van der Waals surface area contributed by atoms with E-state index in [1.54, 1.807) is 12.4 Å². The lowest BCUT2D eigenvalue weighted by molar-refractivity contribution is 0.0955. The van der Waals surface area contributed by atoms with Gasteiger partial charge in [0.05, 0.1) is 11.6 Å². The maximum absolute atomic E-state index is 12.9. The van der Waals surface area contributed by atoms with Gasteiger partial charge in [0.25, 0.3) is 0 Å². The number of nitrogens with zero attached hydrogens (tertiary/aromatic N) is 2. The molecule has 0 aliphatic heterocycles. The van der Waals surface area contributed by atoms with E-state index < -0.39 is 0 Å². The molecule has 2 heterocycles. The number of carbonyl (C=O) groups is 1. The lowest BCUT2D eigenvalue weighted by Crippen LogP contribution is -2.13. The highest BCUT2D eigenvalue weighted by molar-refractivity contribution is 6.09. The molecule has 1 aliphatic rings. The van der Waals surface area contributed by atoms with E-state index in [0.29, 0.717) is 5.69 Å². The molecule has 0 fully saturated rings. The predicted molar refractivity (Wildman–Crippen MR) is 81.4 cm³/mol. The summed E-state index contributed by atoms with van der Waals surface area (Å²) in [6.45, 7) is 0. The molecule has 0 spiro atoms. The van der Waals surface area contributed by atoms with E-state index in [-0.39, 0.29) is 11.7 Å². The standard InChI is InChI=1S/C18H14N2O/c21-18(15-8-7-13-5-3-10-19-16(13)15)17-14-6-2-1-4-12(14)9-11-20-17/h1-6,9-11,15H,7-8H2. The SMILES string of the molecule is O=C(c1nccc2ccccc12)C1CCc2cccnc21. The average Bonchev–Trinajstić information content (AvgIpc) is 2.98. The van der Waals surface area contributed by atoms with Gasteiger partial charge in [-0.2, -0.15) is 0 Å². The molecular weight excluding hydrogens is 260 g/mol. The molecule has 3 nitrogen and oxygen atoms in total. The highest BCUT2D eigenvalue weighted by Gasteiger charge is 2.31. The molecule has 0 saturated heterocycles. The maximum Gasteiger partial charge on any atom is 0.190 e. The van der Waals surface area contributed by atoms with Gasteiger partial charge in [0.1, 0.15) is 5.69 Å². The number of hydrogen-bond donors (Lipinski definition) is 0. The van der Waals surface area contributed by atoms with Crippen molar-refractivity contribution in [2.75, 3.05) is 0 Å². The Morgan fingerprint density at radius 2 is 1.90 bits per heavy atom. The Kier molecular flexibility index (Phi) is 2.78. The second-order valence-corrected chi connectivity index (χ2v) is 5.38. The number of rotatable bonds is 2. The van der Waals surface area contributed by atoms with Gasteiger partial charge in [-0.15, -0.1) is 0 Å². The summed E-state index contributed by atoms with van der Waals surface area (Å²) < 4.78 is 0. The van der Waals surface area contributed by atoms with E-state index in [1.807, 2.05) is 36.4 Å². The fourth-order valence-electron chi connectivity index (χ4n) is 3.15. The van der Waals surface area contributed by atoms with Crippen molar-refractivity contribution in [1.82, 2.24) is 9.97 Å². The van der Waals surface area contributed by atoms with Crippen LogP contribution in [0.15, 0.2) is 54.9 Å². The van der Waals surface area contributed by atoms with Crippen molar-refractivity contribution in [3.8, 4) is 0 Å². The summed E-state index contributed by atoms with van der Waals surface area (Å²) in [6, 6.07) is 13.8. The van der Waals surface area contributed by atoms with Gasteiger partial charge in [0.15, 0.2) is 5.78 Å².